The minimum Gasteiger partial charge on any atom is -0.351 e. The lowest BCUT2D eigenvalue weighted by molar-refractivity contribution is -0.125. The van der Waals surface area contributed by atoms with Gasteiger partial charge in [0.15, 0.2) is 0 Å². The number of hydrogen-bond donors (Lipinski definition) is 2. The van der Waals surface area contributed by atoms with Crippen molar-refractivity contribution in [1.29, 1.82) is 0 Å². The highest BCUT2D eigenvalue weighted by Gasteiger charge is 2.28. The van der Waals surface area contributed by atoms with Crippen LogP contribution in [0, 0.1) is 5.92 Å². The fourth-order valence-corrected chi connectivity index (χ4v) is 3.39. The zero-order valence-corrected chi connectivity index (χ0v) is 11.5. The van der Waals surface area contributed by atoms with Crippen molar-refractivity contribution < 1.29 is 4.79 Å². The average Bonchev–Trinajstić information content (AvgIpc) is 2.84. The molecule has 2 heterocycles. The highest BCUT2D eigenvalue weighted by molar-refractivity contribution is 9.11. The third-order valence-corrected chi connectivity index (χ3v) is 4.55. The summed E-state index contributed by atoms with van der Waals surface area (Å²) in [7, 11) is 0. The molecule has 0 radical (unpaired) electrons. The van der Waals surface area contributed by atoms with Crippen LogP contribution in [0.25, 0.3) is 0 Å². The van der Waals surface area contributed by atoms with E-state index >= 15 is 0 Å². The molecule has 2 rings (SSSR count). The fraction of sp³-hybridized carbons (Fsp3) is 0.545. The second kappa shape index (κ2) is 5.29. The van der Waals surface area contributed by atoms with Crippen molar-refractivity contribution in [3.05, 3.63) is 20.8 Å². The summed E-state index contributed by atoms with van der Waals surface area (Å²) >= 11 is 5.07. The van der Waals surface area contributed by atoms with E-state index in [1.165, 1.54) is 4.88 Å². The first-order valence-corrected chi connectivity index (χ1v) is 7.03. The Morgan fingerprint density at radius 1 is 1.69 bits per heavy atom. The summed E-state index contributed by atoms with van der Waals surface area (Å²) in [5.41, 5.74) is 0. The molecule has 3 nitrogen and oxygen atoms in total. The summed E-state index contributed by atoms with van der Waals surface area (Å²) < 4.78 is 1.10. The van der Waals surface area contributed by atoms with Gasteiger partial charge in [0.2, 0.25) is 5.91 Å². The molecular formula is C11H15BrN2OS. The van der Waals surface area contributed by atoms with Crippen LogP contribution >= 0.6 is 27.3 Å². The van der Waals surface area contributed by atoms with Crippen molar-refractivity contribution in [2.75, 3.05) is 6.54 Å². The van der Waals surface area contributed by atoms with Gasteiger partial charge in [-0.3, -0.25) is 4.79 Å². The average molecular weight is 303 g/mol. The Kier molecular flexibility index (Phi) is 4.00. The number of rotatable bonds is 3. The van der Waals surface area contributed by atoms with E-state index in [4.69, 9.17) is 0 Å². The molecule has 2 N–H and O–H groups in total. The SMILES string of the molecule is CC1NCCC1C(=O)NCc1ccc(Br)s1. The molecule has 1 aliphatic heterocycles. The molecule has 0 spiro atoms. The van der Waals surface area contributed by atoms with E-state index in [2.05, 4.69) is 33.5 Å². The highest BCUT2D eigenvalue weighted by Crippen LogP contribution is 2.22. The summed E-state index contributed by atoms with van der Waals surface area (Å²) in [6.07, 6.45) is 0.946. The van der Waals surface area contributed by atoms with Crippen LogP contribution in [-0.4, -0.2) is 18.5 Å². The summed E-state index contributed by atoms with van der Waals surface area (Å²) in [5.74, 6) is 0.297. The summed E-state index contributed by atoms with van der Waals surface area (Å²) in [5, 5.41) is 6.28. The molecule has 2 atom stereocenters. The van der Waals surface area contributed by atoms with E-state index in [9.17, 15) is 4.79 Å². The van der Waals surface area contributed by atoms with Gasteiger partial charge < -0.3 is 10.6 Å². The van der Waals surface area contributed by atoms with Gasteiger partial charge in [-0.2, -0.15) is 0 Å². The first-order valence-electron chi connectivity index (χ1n) is 5.42. The third-order valence-electron chi connectivity index (χ3n) is 2.93. The molecule has 2 unspecified atom stereocenters. The molecule has 0 saturated carbocycles. The molecule has 88 valence electrons. The predicted molar refractivity (Wildman–Crippen MR) is 69.4 cm³/mol. The van der Waals surface area contributed by atoms with Crippen LogP contribution in [0.15, 0.2) is 15.9 Å². The minimum absolute atomic E-state index is 0.128. The van der Waals surface area contributed by atoms with Crippen molar-refractivity contribution in [2.24, 2.45) is 5.92 Å². The number of thiophene rings is 1. The molecule has 1 aromatic rings. The number of amides is 1. The van der Waals surface area contributed by atoms with Crippen molar-refractivity contribution in [3.63, 3.8) is 0 Å². The van der Waals surface area contributed by atoms with Crippen LogP contribution in [0.1, 0.15) is 18.2 Å². The van der Waals surface area contributed by atoms with E-state index in [0.29, 0.717) is 12.6 Å². The van der Waals surface area contributed by atoms with Crippen molar-refractivity contribution >= 4 is 33.2 Å². The van der Waals surface area contributed by atoms with Crippen molar-refractivity contribution in [3.8, 4) is 0 Å². The lowest BCUT2D eigenvalue weighted by Crippen LogP contribution is -2.36. The topological polar surface area (TPSA) is 41.1 Å². The van der Waals surface area contributed by atoms with E-state index < -0.39 is 0 Å². The second-order valence-corrected chi connectivity index (χ2v) is 6.61. The van der Waals surface area contributed by atoms with Gasteiger partial charge in [0, 0.05) is 10.9 Å². The van der Waals surface area contributed by atoms with Gasteiger partial charge in [-0.15, -0.1) is 11.3 Å². The molecule has 5 heteroatoms. The fourth-order valence-electron chi connectivity index (χ4n) is 1.97. The Labute approximate surface area is 108 Å². The number of carbonyl (C=O) groups excluding carboxylic acids is 1. The smallest absolute Gasteiger partial charge is 0.225 e. The van der Waals surface area contributed by atoms with Gasteiger partial charge in [0.05, 0.1) is 16.2 Å². The molecule has 1 aromatic heterocycles. The van der Waals surface area contributed by atoms with Gasteiger partial charge >= 0.3 is 0 Å². The van der Waals surface area contributed by atoms with Crippen LogP contribution in [-0.2, 0) is 11.3 Å². The number of hydrogen-bond acceptors (Lipinski definition) is 3. The summed E-state index contributed by atoms with van der Waals surface area (Å²) in [4.78, 5) is 13.1. The lowest BCUT2D eigenvalue weighted by Gasteiger charge is -2.14. The second-order valence-electron chi connectivity index (χ2n) is 4.06. The largest absolute Gasteiger partial charge is 0.351 e. The summed E-state index contributed by atoms with van der Waals surface area (Å²) in [6.45, 7) is 3.65. The molecule has 1 saturated heterocycles. The Hall–Kier alpha value is -0.390. The maximum Gasteiger partial charge on any atom is 0.225 e. The lowest BCUT2D eigenvalue weighted by atomic mass is 10.0. The molecule has 16 heavy (non-hydrogen) atoms. The van der Waals surface area contributed by atoms with E-state index in [-0.39, 0.29) is 11.8 Å². The zero-order chi connectivity index (χ0) is 11.5. The Balaban J connectivity index is 1.83. The number of halogens is 1. The van der Waals surface area contributed by atoms with Crippen LogP contribution in [0.5, 0.6) is 0 Å². The van der Waals surface area contributed by atoms with Gasteiger partial charge in [0.1, 0.15) is 0 Å². The maximum absolute atomic E-state index is 11.9. The third kappa shape index (κ3) is 2.84. The number of nitrogens with one attached hydrogen (secondary N) is 2. The van der Waals surface area contributed by atoms with E-state index in [1.54, 1.807) is 11.3 Å². The molecule has 1 amide bonds. The number of carbonyl (C=O) groups is 1. The van der Waals surface area contributed by atoms with Crippen molar-refractivity contribution in [1.82, 2.24) is 10.6 Å². The first-order chi connectivity index (χ1) is 7.66. The van der Waals surface area contributed by atoms with Crippen LogP contribution in [0.2, 0.25) is 0 Å². The van der Waals surface area contributed by atoms with E-state index in [1.807, 2.05) is 12.1 Å². The first kappa shape index (κ1) is 12.1. The Morgan fingerprint density at radius 2 is 2.50 bits per heavy atom. The molecular weight excluding hydrogens is 288 g/mol. The Morgan fingerprint density at radius 3 is 3.06 bits per heavy atom. The van der Waals surface area contributed by atoms with Gasteiger partial charge in [0.25, 0.3) is 0 Å². The quantitative estimate of drug-likeness (QED) is 0.898. The predicted octanol–water partition coefficient (Wildman–Crippen LogP) is 2.12. The van der Waals surface area contributed by atoms with E-state index in [0.717, 1.165) is 16.8 Å². The Bertz CT molecular complexity index is 380. The van der Waals surface area contributed by atoms with Crippen LogP contribution < -0.4 is 10.6 Å². The van der Waals surface area contributed by atoms with Crippen LogP contribution in [0.3, 0.4) is 0 Å². The zero-order valence-electron chi connectivity index (χ0n) is 9.13. The van der Waals surface area contributed by atoms with Crippen LogP contribution in [0.4, 0.5) is 0 Å². The van der Waals surface area contributed by atoms with Crippen molar-refractivity contribution in [2.45, 2.75) is 25.9 Å². The highest BCUT2D eigenvalue weighted by atomic mass is 79.9. The monoisotopic (exact) mass is 302 g/mol. The maximum atomic E-state index is 11.9. The van der Waals surface area contributed by atoms with Gasteiger partial charge in [-0.05, 0) is 48.0 Å². The molecule has 1 fully saturated rings. The standard InChI is InChI=1S/C11H15BrN2OS/c1-7-9(4-5-13-7)11(15)14-6-8-2-3-10(12)16-8/h2-3,7,9,13H,4-6H2,1H3,(H,14,15). The summed E-state index contributed by atoms with van der Waals surface area (Å²) in [6, 6.07) is 4.34. The minimum atomic E-state index is 0.128. The molecule has 0 aromatic carbocycles. The molecule has 0 bridgehead atoms. The molecule has 1 aliphatic rings. The van der Waals surface area contributed by atoms with Gasteiger partial charge in [-0.1, -0.05) is 0 Å². The molecule has 0 aliphatic carbocycles. The normalized spacial score (nSPS) is 24.6. The van der Waals surface area contributed by atoms with Gasteiger partial charge in [-0.25, -0.2) is 0 Å².